The van der Waals surface area contributed by atoms with Gasteiger partial charge in [-0.3, -0.25) is 4.79 Å². The summed E-state index contributed by atoms with van der Waals surface area (Å²) in [4.78, 5) is 14.4. The Kier molecular flexibility index (Phi) is 6.15. The van der Waals surface area contributed by atoms with Gasteiger partial charge in [0.15, 0.2) is 0 Å². The summed E-state index contributed by atoms with van der Waals surface area (Å²) >= 11 is 0. The highest BCUT2D eigenvalue weighted by molar-refractivity contribution is 5.76. The van der Waals surface area contributed by atoms with Crippen molar-refractivity contribution < 1.29 is 4.79 Å². The minimum absolute atomic E-state index is 0.397. The van der Waals surface area contributed by atoms with Crippen LogP contribution in [0.1, 0.15) is 64.2 Å². The smallest absolute Gasteiger partial charge is 0.222 e. The van der Waals surface area contributed by atoms with Gasteiger partial charge >= 0.3 is 0 Å². The Morgan fingerprint density at radius 2 is 1.95 bits per heavy atom. The zero-order valence-electron chi connectivity index (χ0n) is 12.5. The Hall–Kier alpha value is -0.570. The van der Waals surface area contributed by atoms with Crippen LogP contribution in [0.3, 0.4) is 0 Å². The molecule has 3 nitrogen and oxygen atoms in total. The quantitative estimate of drug-likeness (QED) is 0.801. The van der Waals surface area contributed by atoms with E-state index in [2.05, 4.69) is 10.2 Å². The van der Waals surface area contributed by atoms with E-state index in [0.717, 1.165) is 31.8 Å². The molecule has 0 spiro atoms. The summed E-state index contributed by atoms with van der Waals surface area (Å²) in [6, 6.07) is 0.451. The fourth-order valence-electron chi connectivity index (χ4n) is 3.77. The maximum absolute atomic E-state index is 12.3. The van der Waals surface area contributed by atoms with E-state index in [0.29, 0.717) is 11.9 Å². The summed E-state index contributed by atoms with van der Waals surface area (Å²) in [7, 11) is 1.98. The molecule has 1 N–H and O–H groups in total. The first-order chi connectivity index (χ1) is 9.31. The van der Waals surface area contributed by atoms with Gasteiger partial charge in [-0.1, -0.05) is 32.1 Å². The van der Waals surface area contributed by atoms with E-state index in [1.165, 1.54) is 51.4 Å². The van der Waals surface area contributed by atoms with Crippen LogP contribution in [-0.4, -0.2) is 37.0 Å². The molecule has 0 aromatic rings. The van der Waals surface area contributed by atoms with Crippen molar-refractivity contribution in [2.75, 3.05) is 20.1 Å². The Morgan fingerprint density at radius 3 is 2.68 bits per heavy atom. The van der Waals surface area contributed by atoms with Crippen molar-refractivity contribution in [1.82, 2.24) is 10.2 Å². The number of rotatable bonds is 6. The molecule has 1 atom stereocenters. The Labute approximate surface area is 118 Å². The van der Waals surface area contributed by atoms with Crippen LogP contribution < -0.4 is 5.32 Å². The topological polar surface area (TPSA) is 32.3 Å². The van der Waals surface area contributed by atoms with E-state index in [4.69, 9.17) is 0 Å². The third-order valence-electron chi connectivity index (χ3n) is 4.86. The first kappa shape index (κ1) is 14.8. The third-order valence-corrected chi connectivity index (χ3v) is 4.86. The van der Waals surface area contributed by atoms with Crippen LogP contribution in [0.5, 0.6) is 0 Å². The highest BCUT2D eigenvalue weighted by Gasteiger charge is 2.27. The molecule has 2 rings (SSSR count). The lowest BCUT2D eigenvalue weighted by atomic mass is 9.86. The van der Waals surface area contributed by atoms with Gasteiger partial charge in [-0.25, -0.2) is 0 Å². The van der Waals surface area contributed by atoms with Crippen molar-refractivity contribution >= 4 is 5.91 Å². The number of carbonyl (C=O) groups excluding carboxylic acids is 1. The molecule has 1 amide bonds. The molecule has 0 bridgehead atoms. The molecule has 2 fully saturated rings. The fraction of sp³-hybridized carbons (Fsp3) is 0.938. The maximum atomic E-state index is 12.3. The molecule has 0 aromatic carbocycles. The van der Waals surface area contributed by atoms with Crippen LogP contribution in [-0.2, 0) is 4.79 Å². The number of hydrogen-bond donors (Lipinski definition) is 1. The van der Waals surface area contributed by atoms with Gasteiger partial charge < -0.3 is 10.2 Å². The maximum Gasteiger partial charge on any atom is 0.222 e. The Morgan fingerprint density at radius 1 is 1.16 bits per heavy atom. The lowest BCUT2D eigenvalue weighted by molar-refractivity contribution is -0.132. The van der Waals surface area contributed by atoms with Crippen LogP contribution in [0.4, 0.5) is 0 Å². The zero-order valence-corrected chi connectivity index (χ0v) is 12.5. The highest BCUT2D eigenvalue weighted by Crippen LogP contribution is 2.28. The van der Waals surface area contributed by atoms with Crippen LogP contribution in [0.25, 0.3) is 0 Å². The van der Waals surface area contributed by atoms with Crippen molar-refractivity contribution in [3.05, 3.63) is 0 Å². The normalized spacial score (nSPS) is 24.9. The van der Waals surface area contributed by atoms with Gasteiger partial charge in [0.25, 0.3) is 0 Å². The van der Waals surface area contributed by atoms with Gasteiger partial charge in [-0.2, -0.15) is 0 Å². The van der Waals surface area contributed by atoms with Crippen molar-refractivity contribution in [1.29, 1.82) is 0 Å². The first-order valence-electron chi connectivity index (χ1n) is 8.25. The summed E-state index contributed by atoms with van der Waals surface area (Å²) in [6.45, 7) is 1.93. The van der Waals surface area contributed by atoms with Gasteiger partial charge in [0.2, 0.25) is 5.91 Å². The molecule has 2 aliphatic rings. The van der Waals surface area contributed by atoms with Crippen molar-refractivity contribution in [3.8, 4) is 0 Å². The third kappa shape index (κ3) is 4.48. The number of nitrogens with zero attached hydrogens (tertiary/aromatic N) is 1. The van der Waals surface area contributed by atoms with Gasteiger partial charge in [0.1, 0.15) is 0 Å². The summed E-state index contributed by atoms with van der Waals surface area (Å²) < 4.78 is 0. The molecule has 1 aliphatic carbocycles. The number of carbonyl (C=O) groups is 1. The zero-order chi connectivity index (χ0) is 13.5. The molecule has 1 aliphatic heterocycles. The van der Waals surface area contributed by atoms with Gasteiger partial charge in [0, 0.05) is 25.6 Å². The Bertz CT molecular complexity index is 274. The van der Waals surface area contributed by atoms with Crippen LogP contribution in [0, 0.1) is 5.92 Å². The molecule has 3 heteroatoms. The molecule has 110 valence electrons. The van der Waals surface area contributed by atoms with Crippen LogP contribution in [0.2, 0.25) is 0 Å². The van der Waals surface area contributed by atoms with E-state index >= 15 is 0 Å². The molecule has 1 saturated carbocycles. The second-order valence-electron chi connectivity index (χ2n) is 6.34. The van der Waals surface area contributed by atoms with Crippen LogP contribution in [0.15, 0.2) is 0 Å². The second kappa shape index (κ2) is 7.88. The SMILES string of the molecule is CNCC1CCCN1C(=O)CCCC1CCCCC1. The van der Waals surface area contributed by atoms with E-state index < -0.39 is 0 Å². The van der Waals surface area contributed by atoms with Gasteiger partial charge in [-0.05, 0) is 38.6 Å². The van der Waals surface area contributed by atoms with Gasteiger partial charge in [0.05, 0.1) is 0 Å². The lowest BCUT2D eigenvalue weighted by Gasteiger charge is -2.25. The van der Waals surface area contributed by atoms with Crippen LogP contribution >= 0.6 is 0 Å². The molecular weight excluding hydrogens is 236 g/mol. The first-order valence-corrected chi connectivity index (χ1v) is 8.25. The van der Waals surface area contributed by atoms with Crippen molar-refractivity contribution in [2.45, 2.75) is 70.3 Å². The average molecular weight is 266 g/mol. The van der Waals surface area contributed by atoms with Crippen molar-refractivity contribution in [3.63, 3.8) is 0 Å². The standard InChI is InChI=1S/C16H30N2O/c1-17-13-15-10-6-12-18(15)16(19)11-5-9-14-7-3-2-4-8-14/h14-15,17H,2-13H2,1H3. The molecule has 1 saturated heterocycles. The number of amides is 1. The molecule has 0 aromatic heterocycles. The molecule has 0 radical (unpaired) electrons. The van der Waals surface area contributed by atoms with E-state index in [1.807, 2.05) is 7.05 Å². The monoisotopic (exact) mass is 266 g/mol. The number of hydrogen-bond acceptors (Lipinski definition) is 2. The highest BCUT2D eigenvalue weighted by atomic mass is 16.2. The Balaban J connectivity index is 1.65. The minimum Gasteiger partial charge on any atom is -0.338 e. The largest absolute Gasteiger partial charge is 0.338 e. The van der Waals surface area contributed by atoms with E-state index in [-0.39, 0.29) is 0 Å². The summed E-state index contributed by atoms with van der Waals surface area (Å²) in [5, 5.41) is 3.21. The molecular formula is C16H30N2O. The molecule has 1 unspecified atom stereocenters. The van der Waals surface area contributed by atoms with E-state index in [9.17, 15) is 4.79 Å². The molecule has 19 heavy (non-hydrogen) atoms. The summed E-state index contributed by atoms with van der Waals surface area (Å²) in [5.74, 6) is 1.31. The number of likely N-dealkylation sites (N-methyl/N-ethyl adjacent to an activating group) is 1. The molecule has 1 heterocycles. The van der Waals surface area contributed by atoms with Gasteiger partial charge in [-0.15, -0.1) is 0 Å². The average Bonchev–Trinajstić information content (AvgIpc) is 2.89. The fourth-order valence-corrected chi connectivity index (χ4v) is 3.77. The second-order valence-corrected chi connectivity index (χ2v) is 6.34. The minimum atomic E-state index is 0.397. The lowest BCUT2D eigenvalue weighted by Crippen LogP contribution is -2.40. The van der Waals surface area contributed by atoms with Crippen molar-refractivity contribution in [2.24, 2.45) is 5.92 Å². The summed E-state index contributed by atoms with van der Waals surface area (Å²) in [6.07, 6.45) is 12.6. The predicted molar refractivity (Wildman–Crippen MR) is 79.1 cm³/mol. The number of nitrogens with one attached hydrogen (secondary N) is 1. The number of likely N-dealkylation sites (tertiary alicyclic amines) is 1. The summed E-state index contributed by atoms with van der Waals surface area (Å²) in [5.41, 5.74) is 0. The van der Waals surface area contributed by atoms with E-state index in [1.54, 1.807) is 0 Å². The predicted octanol–water partition coefficient (Wildman–Crippen LogP) is 2.95.